The predicted molar refractivity (Wildman–Crippen MR) is 163 cm³/mol. The maximum Gasteiger partial charge on any atom is 0.0723 e. The number of rotatable bonds is 2. The van der Waals surface area contributed by atoms with Gasteiger partial charge in [-0.3, -0.25) is 4.98 Å². The number of para-hydroxylation sites is 2. The molecule has 0 fully saturated rings. The molecule has 180 valence electrons. The molecule has 0 radical (unpaired) electrons. The smallest absolute Gasteiger partial charge is 0.0723 e. The van der Waals surface area contributed by atoms with Crippen LogP contribution in [0, 0.1) is 0 Å². The van der Waals surface area contributed by atoms with Crippen LogP contribution in [0.3, 0.4) is 0 Å². The second-order valence-corrected chi connectivity index (χ2v) is 10.4. The van der Waals surface area contributed by atoms with Crippen LogP contribution in [-0.4, -0.2) is 9.55 Å². The van der Waals surface area contributed by atoms with Gasteiger partial charge in [0.2, 0.25) is 0 Å². The molecule has 0 amide bonds. The van der Waals surface area contributed by atoms with E-state index in [1.165, 1.54) is 71.3 Å². The molecule has 39 heavy (non-hydrogen) atoms. The summed E-state index contributed by atoms with van der Waals surface area (Å²) in [5, 5.41) is 6.22. The largest absolute Gasteiger partial charge is 0.308 e. The molecule has 0 N–H and O–H groups in total. The molecule has 0 aliphatic heterocycles. The Kier molecular flexibility index (Phi) is 4.08. The van der Waals surface area contributed by atoms with Gasteiger partial charge < -0.3 is 4.57 Å². The van der Waals surface area contributed by atoms with Gasteiger partial charge in [-0.1, -0.05) is 103 Å². The minimum Gasteiger partial charge on any atom is -0.308 e. The van der Waals surface area contributed by atoms with E-state index >= 15 is 0 Å². The van der Waals surface area contributed by atoms with Crippen molar-refractivity contribution < 1.29 is 0 Å². The van der Waals surface area contributed by atoms with Crippen LogP contribution >= 0.6 is 0 Å². The quantitative estimate of drug-likeness (QED) is 0.234. The number of hydrogen-bond acceptors (Lipinski definition) is 1. The standard InChI is InChI=1S/C37H22N2/c1-2-12-27-26(11-1)30-16-8-15-29-25(19-20-31(27)36(29)30)23-9-7-10-24(21-23)39-35-18-6-4-13-28(35)33-22-38-34-17-5-3-14-32(34)37(33)39/h1-22H. The molecule has 0 saturated heterocycles. The number of benzene rings is 6. The average molecular weight is 495 g/mol. The van der Waals surface area contributed by atoms with E-state index < -0.39 is 0 Å². The monoisotopic (exact) mass is 494 g/mol. The van der Waals surface area contributed by atoms with Crippen LogP contribution in [0.4, 0.5) is 0 Å². The molecule has 0 bridgehead atoms. The fourth-order valence-corrected chi connectivity index (χ4v) is 6.72. The van der Waals surface area contributed by atoms with Gasteiger partial charge in [-0.25, -0.2) is 0 Å². The second-order valence-electron chi connectivity index (χ2n) is 10.4. The lowest BCUT2D eigenvalue weighted by Gasteiger charge is -2.13. The first kappa shape index (κ1) is 20.8. The summed E-state index contributed by atoms with van der Waals surface area (Å²) in [5.74, 6) is 0. The normalized spacial score (nSPS) is 12.1. The fourth-order valence-electron chi connectivity index (χ4n) is 6.72. The third-order valence-electron chi connectivity index (χ3n) is 8.37. The summed E-state index contributed by atoms with van der Waals surface area (Å²) < 4.78 is 2.41. The van der Waals surface area contributed by atoms with Crippen LogP contribution in [-0.2, 0) is 0 Å². The van der Waals surface area contributed by atoms with Crippen molar-refractivity contribution in [3.05, 3.63) is 134 Å². The van der Waals surface area contributed by atoms with E-state index in [-0.39, 0.29) is 0 Å². The van der Waals surface area contributed by atoms with Gasteiger partial charge in [-0.2, -0.15) is 0 Å². The zero-order chi connectivity index (χ0) is 25.5. The molecule has 1 aliphatic rings. The molecule has 2 heteroatoms. The summed E-state index contributed by atoms with van der Waals surface area (Å²) in [6, 6.07) is 46.2. The van der Waals surface area contributed by atoms with Crippen molar-refractivity contribution in [1.82, 2.24) is 9.55 Å². The Hall–Kier alpha value is -5.21. The van der Waals surface area contributed by atoms with E-state index in [0.29, 0.717) is 0 Å². The van der Waals surface area contributed by atoms with E-state index in [2.05, 4.69) is 132 Å². The van der Waals surface area contributed by atoms with Gasteiger partial charge in [0.25, 0.3) is 0 Å². The number of pyridine rings is 1. The first-order chi connectivity index (χ1) is 19.4. The van der Waals surface area contributed by atoms with Crippen molar-refractivity contribution in [3.63, 3.8) is 0 Å². The van der Waals surface area contributed by atoms with Crippen molar-refractivity contribution >= 4 is 43.5 Å². The molecule has 0 unspecified atom stereocenters. The summed E-state index contributed by atoms with van der Waals surface area (Å²) in [6.45, 7) is 0. The number of hydrogen-bond donors (Lipinski definition) is 0. The summed E-state index contributed by atoms with van der Waals surface area (Å²) in [6.07, 6.45) is 2.03. The Bertz CT molecular complexity index is 2260. The first-order valence-electron chi connectivity index (χ1n) is 13.4. The Labute approximate surface area is 225 Å². The lowest BCUT2D eigenvalue weighted by Crippen LogP contribution is -1.95. The van der Waals surface area contributed by atoms with Crippen LogP contribution in [0.25, 0.3) is 82.5 Å². The molecule has 9 rings (SSSR count). The molecular formula is C37H22N2. The van der Waals surface area contributed by atoms with Gasteiger partial charge in [0.1, 0.15) is 0 Å². The maximum atomic E-state index is 4.79. The Morgan fingerprint density at radius 2 is 1.13 bits per heavy atom. The SMILES string of the molecule is c1cc(-c2ccc3c4c(cccc24)-c2ccccc2-3)cc(-n2c3ccccc3c3cnc4ccccc4c32)c1. The average Bonchev–Trinajstić information content (AvgIpc) is 3.52. The van der Waals surface area contributed by atoms with Crippen molar-refractivity contribution in [2.45, 2.75) is 0 Å². The minimum absolute atomic E-state index is 1.01. The van der Waals surface area contributed by atoms with E-state index in [9.17, 15) is 0 Å². The van der Waals surface area contributed by atoms with Crippen molar-refractivity contribution in [2.75, 3.05) is 0 Å². The van der Waals surface area contributed by atoms with Crippen molar-refractivity contribution in [2.24, 2.45) is 0 Å². The zero-order valence-electron chi connectivity index (χ0n) is 21.1. The molecule has 6 aromatic carbocycles. The third-order valence-corrected chi connectivity index (χ3v) is 8.37. The number of aromatic nitrogens is 2. The van der Waals surface area contributed by atoms with Gasteiger partial charge in [0.15, 0.2) is 0 Å². The Balaban J connectivity index is 1.33. The molecule has 0 spiro atoms. The van der Waals surface area contributed by atoms with Gasteiger partial charge in [-0.15, -0.1) is 0 Å². The Morgan fingerprint density at radius 3 is 2.03 bits per heavy atom. The van der Waals surface area contributed by atoms with Crippen LogP contribution in [0.5, 0.6) is 0 Å². The van der Waals surface area contributed by atoms with Gasteiger partial charge in [0.05, 0.1) is 16.6 Å². The topological polar surface area (TPSA) is 17.8 Å². The first-order valence-corrected chi connectivity index (χ1v) is 13.4. The summed E-state index contributed by atoms with van der Waals surface area (Å²) in [4.78, 5) is 4.79. The number of fused-ring (bicyclic) bond motifs is 8. The van der Waals surface area contributed by atoms with Gasteiger partial charge in [-0.05, 0) is 68.4 Å². The molecule has 0 atom stereocenters. The van der Waals surface area contributed by atoms with Crippen LogP contribution < -0.4 is 0 Å². The van der Waals surface area contributed by atoms with Crippen LogP contribution in [0.15, 0.2) is 134 Å². The predicted octanol–water partition coefficient (Wildman–Crippen LogP) is 9.80. The Morgan fingerprint density at radius 1 is 0.462 bits per heavy atom. The molecule has 2 aromatic heterocycles. The van der Waals surface area contributed by atoms with Crippen molar-refractivity contribution in [1.29, 1.82) is 0 Å². The summed E-state index contributed by atoms with van der Waals surface area (Å²) in [7, 11) is 0. The van der Waals surface area contributed by atoms with Crippen LogP contribution in [0.2, 0.25) is 0 Å². The minimum atomic E-state index is 1.01. The highest BCUT2D eigenvalue weighted by Crippen LogP contribution is 2.49. The summed E-state index contributed by atoms with van der Waals surface area (Å²) >= 11 is 0. The summed E-state index contributed by atoms with van der Waals surface area (Å²) in [5.41, 5.74) is 12.4. The lowest BCUT2D eigenvalue weighted by molar-refractivity contribution is 1.18. The van der Waals surface area contributed by atoms with E-state index in [0.717, 1.165) is 11.2 Å². The van der Waals surface area contributed by atoms with Crippen LogP contribution in [0.1, 0.15) is 0 Å². The molecular weight excluding hydrogens is 472 g/mol. The van der Waals surface area contributed by atoms with E-state index in [1.54, 1.807) is 0 Å². The molecule has 8 aromatic rings. The number of nitrogens with zero attached hydrogens (tertiary/aromatic N) is 2. The molecule has 2 nitrogen and oxygen atoms in total. The molecule has 1 aliphatic carbocycles. The zero-order valence-corrected chi connectivity index (χ0v) is 21.1. The molecule has 2 heterocycles. The lowest BCUT2D eigenvalue weighted by atomic mass is 9.94. The highest BCUT2D eigenvalue weighted by atomic mass is 15.0. The fraction of sp³-hybridized carbons (Fsp3) is 0. The highest BCUT2D eigenvalue weighted by Gasteiger charge is 2.22. The third kappa shape index (κ3) is 2.78. The highest BCUT2D eigenvalue weighted by molar-refractivity contribution is 6.19. The van der Waals surface area contributed by atoms with E-state index in [1.807, 2.05) is 6.20 Å². The van der Waals surface area contributed by atoms with Crippen molar-refractivity contribution in [3.8, 4) is 39.1 Å². The second kappa shape index (κ2) is 7.66. The maximum absolute atomic E-state index is 4.79. The van der Waals surface area contributed by atoms with Gasteiger partial charge >= 0.3 is 0 Å². The van der Waals surface area contributed by atoms with E-state index in [4.69, 9.17) is 4.98 Å². The van der Waals surface area contributed by atoms with Gasteiger partial charge in [0, 0.05) is 28.0 Å². The molecule has 0 saturated carbocycles.